The summed E-state index contributed by atoms with van der Waals surface area (Å²) in [7, 11) is 0. The summed E-state index contributed by atoms with van der Waals surface area (Å²) in [5.41, 5.74) is 4.08. The molecule has 0 aromatic heterocycles. The molecule has 0 aliphatic rings. The molecule has 0 saturated carbocycles. The standard InChI is InChI=1S/C14H13N3O3/c18-14-7-6-13(17(19)20)8-12(14)10-16-15-9-11-4-2-1-3-5-11/h1-8,10,15,18H,9H2/b16-10+. The maximum atomic E-state index is 10.6. The van der Waals surface area contributed by atoms with E-state index in [1.807, 2.05) is 30.3 Å². The van der Waals surface area contributed by atoms with Crippen LogP contribution in [0.5, 0.6) is 5.75 Å². The molecule has 0 atom stereocenters. The first-order chi connectivity index (χ1) is 9.66. The van der Waals surface area contributed by atoms with E-state index in [1.54, 1.807) is 0 Å². The number of non-ortho nitro benzene ring substituents is 1. The van der Waals surface area contributed by atoms with E-state index in [9.17, 15) is 15.2 Å². The summed E-state index contributed by atoms with van der Waals surface area (Å²) >= 11 is 0. The van der Waals surface area contributed by atoms with E-state index >= 15 is 0 Å². The average molecular weight is 271 g/mol. The summed E-state index contributed by atoms with van der Waals surface area (Å²) in [6, 6.07) is 13.5. The van der Waals surface area contributed by atoms with Gasteiger partial charge in [-0.05, 0) is 11.6 Å². The molecule has 102 valence electrons. The normalized spacial score (nSPS) is 10.6. The lowest BCUT2D eigenvalue weighted by Crippen LogP contribution is -2.05. The van der Waals surface area contributed by atoms with E-state index in [-0.39, 0.29) is 11.4 Å². The maximum Gasteiger partial charge on any atom is 0.270 e. The fraction of sp³-hybridized carbons (Fsp3) is 0.0714. The summed E-state index contributed by atoms with van der Waals surface area (Å²) < 4.78 is 0. The lowest BCUT2D eigenvalue weighted by molar-refractivity contribution is -0.384. The highest BCUT2D eigenvalue weighted by molar-refractivity contribution is 5.84. The van der Waals surface area contributed by atoms with E-state index < -0.39 is 4.92 Å². The third-order valence-electron chi connectivity index (χ3n) is 2.64. The molecule has 0 aliphatic carbocycles. The molecule has 0 fully saturated rings. The largest absolute Gasteiger partial charge is 0.507 e. The summed E-state index contributed by atoms with van der Waals surface area (Å²) in [6.45, 7) is 0.535. The van der Waals surface area contributed by atoms with Crippen LogP contribution in [0.4, 0.5) is 5.69 Å². The minimum Gasteiger partial charge on any atom is -0.507 e. The van der Waals surface area contributed by atoms with Gasteiger partial charge >= 0.3 is 0 Å². The minimum absolute atomic E-state index is 0.0548. The van der Waals surface area contributed by atoms with Gasteiger partial charge in [-0.3, -0.25) is 10.1 Å². The Hall–Kier alpha value is -2.89. The third kappa shape index (κ3) is 3.55. The van der Waals surface area contributed by atoms with Crippen molar-refractivity contribution in [3.8, 4) is 5.75 Å². The monoisotopic (exact) mass is 271 g/mol. The Morgan fingerprint density at radius 3 is 2.70 bits per heavy atom. The van der Waals surface area contributed by atoms with Gasteiger partial charge < -0.3 is 10.5 Å². The topological polar surface area (TPSA) is 87.8 Å². The Bertz CT molecular complexity index is 627. The van der Waals surface area contributed by atoms with Crippen LogP contribution in [-0.2, 0) is 6.54 Å². The number of hydrazone groups is 1. The van der Waals surface area contributed by atoms with Crippen molar-refractivity contribution in [2.45, 2.75) is 6.54 Å². The zero-order chi connectivity index (χ0) is 14.4. The second-order valence-corrected chi connectivity index (χ2v) is 4.08. The van der Waals surface area contributed by atoms with Gasteiger partial charge in [0.1, 0.15) is 5.75 Å². The second kappa shape index (κ2) is 6.33. The van der Waals surface area contributed by atoms with Crippen LogP contribution in [0.1, 0.15) is 11.1 Å². The molecule has 20 heavy (non-hydrogen) atoms. The molecule has 6 heteroatoms. The first-order valence-corrected chi connectivity index (χ1v) is 5.94. The number of nitrogens with one attached hydrogen (secondary N) is 1. The predicted octanol–water partition coefficient (Wildman–Crippen LogP) is 2.42. The van der Waals surface area contributed by atoms with Gasteiger partial charge in [0.2, 0.25) is 0 Å². The van der Waals surface area contributed by atoms with Crippen LogP contribution in [0.15, 0.2) is 53.6 Å². The van der Waals surface area contributed by atoms with Crippen molar-refractivity contribution in [2.24, 2.45) is 5.10 Å². The van der Waals surface area contributed by atoms with Crippen molar-refractivity contribution in [3.63, 3.8) is 0 Å². The summed E-state index contributed by atoms with van der Waals surface area (Å²) in [4.78, 5) is 10.1. The number of phenolic OH excluding ortho intramolecular Hbond substituents is 1. The maximum absolute atomic E-state index is 10.6. The van der Waals surface area contributed by atoms with Crippen molar-refractivity contribution in [1.82, 2.24) is 5.43 Å². The van der Waals surface area contributed by atoms with Crippen LogP contribution in [0, 0.1) is 10.1 Å². The second-order valence-electron chi connectivity index (χ2n) is 4.08. The van der Waals surface area contributed by atoms with Crippen molar-refractivity contribution in [3.05, 3.63) is 69.8 Å². The van der Waals surface area contributed by atoms with Crippen LogP contribution in [-0.4, -0.2) is 16.2 Å². The summed E-state index contributed by atoms with van der Waals surface area (Å²) in [6.07, 6.45) is 1.35. The van der Waals surface area contributed by atoms with Crippen LogP contribution in [0.2, 0.25) is 0 Å². The molecule has 2 N–H and O–H groups in total. The van der Waals surface area contributed by atoms with Crippen molar-refractivity contribution >= 4 is 11.9 Å². The number of nitrogens with zero attached hydrogens (tertiary/aromatic N) is 2. The van der Waals surface area contributed by atoms with Crippen LogP contribution in [0.25, 0.3) is 0 Å². The Labute approximate surface area is 115 Å². The molecular formula is C14H13N3O3. The number of rotatable bonds is 5. The molecular weight excluding hydrogens is 258 g/mol. The zero-order valence-electron chi connectivity index (χ0n) is 10.6. The van der Waals surface area contributed by atoms with Gasteiger partial charge in [0.25, 0.3) is 5.69 Å². The number of benzene rings is 2. The van der Waals surface area contributed by atoms with E-state index in [1.165, 1.54) is 24.4 Å². The van der Waals surface area contributed by atoms with E-state index in [0.29, 0.717) is 12.1 Å². The molecule has 0 bridgehead atoms. The van der Waals surface area contributed by atoms with Crippen molar-refractivity contribution in [1.29, 1.82) is 0 Å². The summed E-state index contributed by atoms with van der Waals surface area (Å²) in [5, 5.41) is 24.2. The van der Waals surface area contributed by atoms with Crippen molar-refractivity contribution < 1.29 is 10.0 Å². The van der Waals surface area contributed by atoms with Gasteiger partial charge in [0.05, 0.1) is 17.7 Å². The average Bonchev–Trinajstić information content (AvgIpc) is 2.46. The molecule has 6 nitrogen and oxygen atoms in total. The Balaban J connectivity index is 2.00. The summed E-state index contributed by atoms with van der Waals surface area (Å²) in [5.74, 6) is -0.0548. The van der Waals surface area contributed by atoms with Gasteiger partial charge in [-0.15, -0.1) is 0 Å². The number of hydrogen-bond acceptors (Lipinski definition) is 5. The van der Waals surface area contributed by atoms with Crippen LogP contribution < -0.4 is 5.43 Å². The molecule has 2 rings (SSSR count). The SMILES string of the molecule is O=[N+]([O-])c1ccc(O)c(/C=N/NCc2ccccc2)c1. The van der Waals surface area contributed by atoms with Crippen LogP contribution >= 0.6 is 0 Å². The molecule has 2 aromatic rings. The fourth-order valence-corrected chi connectivity index (χ4v) is 1.61. The highest BCUT2D eigenvalue weighted by Gasteiger charge is 2.08. The molecule has 0 spiro atoms. The highest BCUT2D eigenvalue weighted by atomic mass is 16.6. The van der Waals surface area contributed by atoms with Gasteiger partial charge in [0.15, 0.2) is 0 Å². The molecule has 0 aliphatic heterocycles. The third-order valence-corrected chi connectivity index (χ3v) is 2.64. The zero-order valence-corrected chi connectivity index (χ0v) is 10.6. The van der Waals surface area contributed by atoms with Gasteiger partial charge in [-0.25, -0.2) is 0 Å². The molecule has 2 aromatic carbocycles. The van der Waals surface area contributed by atoms with Gasteiger partial charge in [0, 0.05) is 17.7 Å². The quantitative estimate of drug-likeness (QED) is 0.496. The van der Waals surface area contributed by atoms with Gasteiger partial charge in [-0.2, -0.15) is 5.10 Å². The fourth-order valence-electron chi connectivity index (χ4n) is 1.61. The number of nitro groups is 1. The lowest BCUT2D eigenvalue weighted by atomic mass is 10.2. The Morgan fingerprint density at radius 2 is 2.00 bits per heavy atom. The molecule has 0 heterocycles. The molecule has 0 unspecified atom stereocenters. The Kier molecular flexibility index (Phi) is 4.28. The molecule has 0 amide bonds. The van der Waals surface area contributed by atoms with Gasteiger partial charge in [-0.1, -0.05) is 30.3 Å². The lowest BCUT2D eigenvalue weighted by Gasteiger charge is -2.01. The van der Waals surface area contributed by atoms with E-state index in [4.69, 9.17) is 0 Å². The smallest absolute Gasteiger partial charge is 0.270 e. The number of hydrogen-bond donors (Lipinski definition) is 2. The number of nitro benzene ring substituents is 1. The Morgan fingerprint density at radius 1 is 1.25 bits per heavy atom. The van der Waals surface area contributed by atoms with Crippen molar-refractivity contribution in [2.75, 3.05) is 0 Å². The number of aromatic hydroxyl groups is 1. The predicted molar refractivity (Wildman–Crippen MR) is 75.6 cm³/mol. The molecule has 0 radical (unpaired) electrons. The number of phenols is 1. The van der Waals surface area contributed by atoms with Crippen LogP contribution in [0.3, 0.4) is 0 Å². The minimum atomic E-state index is -0.520. The van der Waals surface area contributed by atoms with E-state index in [2.05, 4.69) is 10.5 Å². The first-order valence-electron chi connectivity index (χ1n) is 5.94. The molecule has 0 saturated heterocycles. The first kappa shape index (κ1) is 13.5. The highest BCUT2D eigenvalue weighted by Crippen LogP contribution is 2.21. The van der Waals surface area contributed by atoms with E-state index in [0.717, 1.165) is 5.56 Å².